The maximum Gasteiger partial charge on any atom is 1.00 e. The zero-order valence-corrected chi connectivity index (χ0v) is 36.6. The van der Waals surface area contributed by atoms with Gasteiger partial charge in [-0.2, -0.15) is 0 Å². The zero-order valence-electron chi connectivity index (χ0n) is 34.6. The summed E-state index contributed by atoms with van der Waals surface area (Å²) in [7, 11) is 0. The number of aliphatic hydroxyl groups is 5. The summed E-state index contributed by atoms with van der Waals surface area (Å²) < 4.78 is 116. The second-order valence-corrected chi connectivity index (χ2v) is 18.3. The van der Waals surface area contributed by atoms with Gasteiger partial charge in [0, 0.05) is 0 Å². The van der Waals surface area contributed by atoms with Crippen LogP contribution >= 0.6 is 0 Å². The summed E-state index contributed by atoms with van der Waals surface area (Å²) in [6, 6.07) is 0. The minimum absolute atomic E-state index is 0. The van der Waals surface area contributed by atoms with Gasteiger partial charge < -0.3 is 125 Å². The number of rotatable bonds is 3. The van der Waals surface area contributed by atoms with Crippen molar-refractivity contribution in [2.75, 3.05) is 46.2 Å². The molecule has 0 unspecified atom stereocenters. The van der Waals surface area contributed by atoms with Crippen molar-refractivity contribution in [2.45, 2.75) is 184 Å². The molecule has 27 heteroatoms. The molecule has 30 rings (SSSR count). The second-order valence-electron chi connectivity index (χ2n) is 18.3. The largest absolute Gasteiger partial charge is 1.00 e. The summed E-state index contributed by atoms with van der Waals surface area (Å²) in [5.41, 5.74) is 0. The van der Waals surface area contributed by atoms with E-state index in [1.165, 1.54) is 0 Å². The number of carboxylic acids is 1. The minimum Gasteiger partial charge on any atom is -0.548 e. The van der Waals surface area contributed by atoms with Crippen LogP contribution in [0.4, 0.5) is 0 Å². The van der Waals surface area contributed by atoms with Gasteiger partial charge in [0.15, 0.2) is 37.7 Å². The fraction of sp³-hybridized carbons (Fsp3) is 0.974. The summed E-state index contributed by atoms with van der Waals surface area (Å²) in [6.45, 7) is -0.835. The van der Waals surface area contributed by atoms with E-state index in [-0.39, 0.29) is 69.2 Å². The third-order valence-corrected chi connectivity index (χ3v) is 14.5. The molecule has 65 heavy (non-hydrogen) atoms. The molecule has 26 nitrogen and oxygen atoms in total. The number of carboxylic acid groups (broad SMARTS) is 1. The first-order chi connectivity index (χ1) is 31.1. The standard InChI is InChI=1S/C38H50O26.Na/c39-14(40)7-52-32-31-25-13(6-51-31)58-38(32)64-24-12-5-50-30(24)19(45)36(57-12)62-22-10-3-48-28(22)17(43)34(55-10)60-20-8-1-46-26(20)15(41)33(53-8)59-21-9-2-47-27(21)16(42)35(54-9)61-23-11-4-49-29(23)18(44)37(56-11)63-25;/h8-13,15-38,41-45H,1-7H2,(H,39,40);/q;+1/p-1/t8-,9-,10-,11-,12-,13-,15-,16-,17-,18-,19-,20-,21-,22-,23-,24-,25-,26-,27-,28-,29-,30-,31+,32-,33-,34-,35-,36-,37-,38-;/m1./s1. The summed E-state index contributed by atoms with van der Waals surface area (Å²) in [4.78, 5) is 11.6. The molecular weight excluding hydrogens is 895 g/mol. The molecule has 24 bridgehead atoms. The van der Waals surface area contributed by atoms with Gasteiger partial charge in [-0.05, 0) is 0 Å². The molecule has 0 saturated carbocycles. The van der Waals surface area contributed by atoms with Gasteiger partial charge >= 0.3 is 29.6 Å². The van der Waals surface area contributed by atoms with Crippen molar-refractivity contribution < 1.29 is 155 Å². The van der Waals surface area contributed by atoms with Crippen LogP contribution in [0.5, 0.6) is 0 Å². The van der Waals surface area contributed by atoms with E-state index in [1.807, 2.05) is 0 Å². The fourth-order valence-corrected chi connectivity index (χ4v) is 11.5. The summed E-state index contributed by atoms with van der Waals surface area (Å²) in [5, 5.41) is 69.3. The molecule has 0 aromatic heterocycles. The number of hydrogen-bond donors (Lipinski definition) is 5. The fourth-order valence-electron chi connectivity index (χ4n) is 11.5. The van der Waals surface area contributed by atoms with Gasteiger partial charge in [0.25, 0.3) is 0 Å². The maximum atomic E-state index is 11.6. The van der Waals surface area contributed by atoms with Gasteiger partial charge in [0.1, 0.15) is 146 Å². The quantitative estimate of drug-likeness (QED) is 0.164. The van der Waals surface area contributed by atoms with E-state index in [1.54, 1.807) is 0 Å². The Bertz CT molecular complexity index is 1760. The van der Waals surface area contributed by atoms with E-state index >= 15 is 0 Å². The Balaban J connectivity index is 0.00000444. The van der Waals surface area contributed by atoms with Crippen LogP contribution in [0.2, 0.25) is 0 Å². The molecule has 30 aliphatic rings. The van der Waals surface area contributed by atoms with Gasteiger partial charge in [0.2, 0.25) is 0 Å². The number of aliphatic carboxylic acids is 1. The number of aliphatic hydroxyl groups excluding tert-OH is 5. The summed E-state index contributed by atoms with van der Waals surface area (Å²) in [5.74, 6) is -1.52. The Labute approximate surface area is 390 Å². The van der Waals surface area contributed by atoms with Crippen LogP contribution in [0.25, 0.3) is 0 Å². The molecule has 0 amide bonds. The first kappa shape index (κ1) is 45.6. The first-order valence-corrected chi connectivity index (χ1v) is 21.8. The van der Waals surface area contributed by atoms with Crippen LogP contribution in [0.15, 0.2) is 0 Å². The molecule has 0 aromatic rings. The van der Waals surface area contributed by atoms with Crippen LogP contribution < -0.4 is 34.7 Å². The van der Waals surface area contributed by atoms with Crippen LogP contribution in [0.3, 0.4) is 0 Å². The number of hydrogen-bond acceptors (Lipinski definition) is 26. The maximum absolute atomic E-state index is 11.6. The van der Waals surface area contributed by atoms with E-state index in [4.69, 9.17) is 90.0 Å². The predicted molar refractivity (Wildman–Crippen MR) is 184 cm³/mol. The van der Waals surface area contributed by atoms with Crippen molar-refractivity contribution in [2.24, 2.45) is 0 Å². The topological polar surface area (TPSA) is 317 Å². The molecule has 0 aliphatic carbocycles. The molecule has 5 N–H and O–H groups in total. The van der Waals surface area contributed by atoms with Crippen LogP contribution in [0.1, 0.15) is 0 Å². The average molecular weight is 945 g/mol. The van der Waals surface area contributed by atoms with Crippen molar-refractivity contribution in [3.63, 3.8) is 0 Å². The van der Waals surface area contributed by atoms with Crippen LogP contribution in [-0.2, 0) is 94.8 Å². The normalized spacial score (nSPS) is 59.6. The third-order valence-electron chi connectivity index (χ3n) is 14.5. The summed E-state index contributed by atoms with van der Waals surface area (Å²) >= 11 is 0. The molecule has 358 valence electrons. The van der Waals surface area contributed by atoms with E-state index in [0.717, 1.165) is 0 Å². The minimum atomic E-state index is -1.52. The van der Waals surface area contributed by atoms with Crippen molar-refractivity contribution >= 4 is 5.97 Å². The summed E-state index contributed by atoms with van der Waals surface area (Å²) in [6.07, 6.45) is -32.2. The third kappa shape index (κ3) is 7.54. The van der Waals surface area contributed by atoms with Crippen molar-refractivity contribution in [1.29, 1.82) is 0 Å². The predicted octanol–water partition coefficient (Wildman–Crippen LogP) is -11.0. The molecule has 30 saturated heterocycles. The Morgan fingerprint density at radius 2 is 0.600 bits per heavy atom. The second kappa shape index (κ2) is 17.7. The average Bonchev–Trinajstić information content (AvgIpc) is 4.08. The van der Waals surface area contributed by atoms with Gasteiger partial charge in [0.05, 0.1) is 52.2 Å². The molecule has 30 atom stereocenters. The molecule has 30 heterocycles. The van der Waals surface area contributed by atoms with Crippen molar-refractivity contribution in [1.82, 2.24) is 0 Å². The van der Waals surface area contributed by atoms with Gasteiger partial charge in [-0.1, -0.05) is 0 Å². The number of ether oxygens (including phenoxy) is 19. The van der Waals surface area contributed by atoms with Crippen LogP contribution in [-0.4, -0.2) is 262 Å². The monoisotopic (exact) mass is 944 g/mol. The smallest absolute Gasteiger partial charge is 0.548 e. The van der Waals surface area contributed by atoms with E-state index in [2.05, 4.69) is 0 Å². The van der Waals surface area contributed by atoms with Crippen LogP contribution in [0, 0.1) is 0 Å². The van der Waals surface area contributed by atoms with E-state index < -0.39 is 197 Å². The van der Waals surface area contributed by atoms with Crippen molar-refractivity contribution in [3.8, 4) is 0 Å². The first-order valence-electron chi connectivity index (χ1n) is 21.8. The molecule has 0 spiro atoms. The molecule has 0 aromatic carbocycles. The van der Waals surface area contributed by atoms with Crippen molar-refractivity contribution in [3.05, 3.63) is 0 Å². The Morgan fingerprint density at radius 3 is 0.877 bits per heavy atom. The Kier molecular flexibility index (Phi) is 12.4. The SMILES string of the molecule is O=C([O-])CO[C@H]1[C@H]2O[C@H]3[C@@H]4OC[C@H]3O[C@H](O[C@H]3[C@@H]5OC[C@H]3O[C@H](O[C@H]3[C@@H]6OC[C@H]3O[C@H](O[C@H]3[C@@H]7OC[C@H]3O[C@H](O[C@H]3[C@@H]8OC[C@H]3O[C@H](O[C@H]3[C@@H]1OC[C@H]3O2)[C@@H]8O)[C@@H]7O)[C@@H]6O)[C@@H]5O)[C@@H]4O.[Na+]. The number of carbonyl (C=O) groups is 1. The molecule has 30 aliphatic heterocycles. The van der Waals surface area contributed by atoms with Gasteiger partial charge in [-0.15, -0.1) is 0 Å². The Morgan fingerprint density at radius 1 is 0.369 bits per heavy atom. The number of carbonyl (C=O) groups excluding carboxylic acids is 1. The molecule has 30 fully saturated rings. The molecule has 0 radical (unpaired) electrons. The Hall–Kier alpha value is -0.490. The molecular formula is C38H49NaO26. The van der Waals surface area contributed by atoms with Gasteiger partial charge in [-0.3, -0.25) is 0 Å². The van der Waals surface area contributed by atoms with Gasteiger partial charge in [-0.25, -0.2) is 0 Å². The van der Waals surface area contributed by atoms with E-state index in [0.29, 0.717) is 0 Å². The zero-order chi connectivity index (χ0) is 43.3. The van der Waals surface area contributed by atoms with E-state index in [9.17, 15) is 35.4 Å².